The number of benzene rings is 3. The molecule has 0 saturated heterocycles. The molecule has 2 heteroatoms. The van der Waals surface area contributed by atoms with E-state index in [1.54, 1.807) is 0 Å². The van der Waals surface area contributed by atoms with Crippen LogP contribution < -0.4 is 5.32 Å². The zero-order valence-electron chi connectivity index (χ0n) is 18.7. The molecule has 31 heavy (non-hydrogen) atoms. The van der Waals surface area contributed by atoms with Crippen LogP contribution in [0, 0.1) is 0 Å². The van der Waals surface area contributed by atoms with Crippen LogP contribution in [0.2, 0.25) is 0 Å². The number of hydrogen-bond acceptors (Lipinski definition) is 2. The normalized spacial score (nSPS) is 24.3. The van der Waals surface area contributed by atoms with Gasteiger partial charge in [-0.15, -0.1) is 0 Å². The number of rotatable bonds is 5. The highest BCUT2D eigenvalue weighted by Gasteiger charge is 2.33. The van der Waals surface area contributed by atoms with Gasteiger partial charge in [0.1, 0.15) is 0 Å². The Morgan fingerprint density at radius 2 is 1.61 bits per heavy atom. The Balaban J connectivity index is 1.27. The summed E-state index contributed by atoms with van der Waals surface area (Å²) in [5.41, 5.74) is 3.37. The summed E-state index contributed by atoms with van der Waals surface area (Å²) in [5.74, 6) is 0.609. The minimum absolute atomic E-state index is 0.342. The molecule has 2 N–H and O–H groups in total. The Hall–Kier alpha value is -2.16. The molecule has 162 valence electrons. The summed E-state index contributed by atoms with van der Waals surface area (Å²) >= 11 is 0. The molecule has 3 aromatic carbocycles. The largest absolute Gasteiger partial charge is 0.385 e. The maximum Gasteiger partial charge on any atom is 0.0896 e. The van der Waals surface area contributed by atoms with Crippen LogP contribution in [0.1, 0.15) is 86.9 Å². The summed E-state index contributed by atoms with van der Waals surface area (Å²) in [4.78, 5) is 0. The fraction of sp³-hybridized carbons (Fsp3) is 0.448. The lowest BCUT2D eigenvalue weighted by molar-refractivity contribution is 0.0444. The molecule has 0 bridgehead atoms. The van der Waals surface area contributed by atoms with Gasteiger partial charge in [0.15, 0.2) is 0 Å². The molecule has 0 radical (unpaired) electrons. The molecule has 2 aliphatic rings. The predicted octanol–water partition coefficient (Wildman–Crippen LogP) is 6.98. The first-order chi connectivity index (χ1) is 15.1. The first kappa shape index (κ1) is 20.7. The summed E-state index contributed by atoms with van der Waals surface area (Å²) in [6.07, 6.45) is 9.09. The lowest BCUT2D eigenvalue weighted by Crippen LogP contribution is -2.35. The van der Waals surface area contributed by atoms with Gasteiger partial charge in [0.25, 0.3) is 0 Å². The monoisotopic (exact) mass is 413 g/mol. The van der Waals surface area contributed by atoms with E-state index in [4.69, 9.17) is 0 Å². The summed E-state index contributed by atoms with van der Waals surface area (Å²) in [5, 5.41) is 17.5. The van der Waals surface area contributed by atoms with Gasteiger partial charge in [0.05, 0.1) is 5.60 Å². The van der Waals surface area contributed by atoms with Crippen molar-refractivity contribution in [2.24, 2.45) is 0 Å². The molecule has 2 fully saturated rings. The maximum absolute atomic E-state index is 10.9. The summed E-state index contributed by atoms with van der Waals surface area (Å²) in [7, 11) is 0. The number of fused-ring (bicyclic) bond motifs is 1. The highest BCUT2D eigenvalue weighted by atomic mass is 16.3. The van der Waals surface area contributed by atoms with Gasteiger partial charge in [-0.2, -0.15) is 0 Å². The molecule has 3 atom stereocenters. The average molecular weight is 414 g/mol. The standard InChI is InChI=1S/C29H35NO/c1-21(27-13-7-9-23-8-2-3-12-28(23)27)30-26-11-6-10-24(20-26)22-14-16-25(17-15-22)29(31)18-4-5-19-29/h2-3,7-9,12-17,21,24,26,30-31H,4-6,10-11,18-20H2,1H3/t21-,24?,26?/m1/s1. The average Bonchev–Trinajstić information content (AvgIpc) is 3.26. The van der Waals surface area contributed by atoms with E-state index in [1.165, 1.54) is 47.6 Å². The van der Waals surface area contributed by atoms with Crippen molar-refractivity contribution in [2.75, 3.05) is 0 Å². The SMILES string of the molecule is C[C@@H](NC1CCCC(c2ccc(C3(O)CCCC3)cc2)C1)c1cccc2ccccc12. The van der Waals surface area contributed by atoms with Gasteiger partial charge in [-0.05, 0) is 72.4 Å². The lowest BCUT2D eigenvalue weighted by atomic mass is 9.80. The molecule has 0 heterocycles. The molecule has 2 aliphatic carbocycles. The van der Waals surface area contributed by atoms with Crippen molar-refractivity contribution in [1.82, 2.24) is 5.32 Å². The van der Waals surface area contributed by atoms with Crippen LogP contribution >= 0.6 is 0 Å². The van der Waals surface area contributed by atoms with Crippen LogP contribution in [0.5, 0.6) is 0 Å². The van der Waals surface area contributed by atoms with Gasteiger partial charge in [-0.25, -0.2) is 0 Å². The van der Waals surface area contributed by atoms with Crippen molar-refractivity contribution in [2.45, 2.75) is 81.9 Å². The fourth-order valence-corrected chi connectivity index (χ4v) is 6.03. The minimum Gasteiger partial charge on any atom is -0.385 e. The molecular weight excluding hydrogens is 378 g/mol. The Morgan fingerprint density at radius 1 is 0.871 bits per heavy atom. The van der Waals surface area contributed by atoms with Gasteiger partial charge in [-0.1, -0.05) is 86.0 Å². The molecule has 2 unspecified atom stereocenters. The van der Waals surface area contributed by atoms with E-state index < -0.39 is 5.60 Å². The van der Waals surface area contributed by atoms with E-state index in [-0.39, 0.29) is 0 Å². The van der Waals surface area contributed by atoms with Crippen molar-refractivity contribution in [1.29, 1.82) is 0 Å². The molecule has 2 saturated carbocycles. The van der Waals surface area contributed by atoms with Crippen LogP contribution in [-0.2, 0) is 5.60 Å². The summed E-state index contributed by atoms with van der Waals surface area (Å²) in [6, 6.07) is 25.2. The Kier molecular flexibility index (Phi) is 5.86. The van der Waals surface area contributed by atoms with Gasteiger partial charge < -0.3 is 10.4 Å². The second kappa shape index (κ2) is 8.76. The summed E-state index contributed by atoms with van der Waals surface area (Å²) < 4.78 is 0. The van der Waals surface area contributed by atoms with Crippen LogP contribution in [0.15, 0.2) is 66.7 Å². The van der Waals surface area contributed by atoms with Crippen molar-refractivity contribution in [3.05, 3.63) is 83.4 Å². The molecule has 3 aromatic rings. The van der Waals surface area contributed by atoms with E-state index >= 15 is 0 Å². The molecule has 2 nitrogen and oxygen atoms in total. The third-order valence-electron chi connectivity index (χ3n) is 7.80. The minimum atomic E-state index is -0.580. The predicted molar refractivity (Wildman–Crippen MR) is 129 cm³/mol. The van der Waals surface area contributed by atoms with Crippen LogP contribution in [0.25, 0.3) is 10.8 Å². The molecule has 0 aliphatic heterocycles. The van der Waals surface area contributed by atoms with Crippen molar-refractivity contribution >= 4 is 10.8 Å². The third-order valence-corrected chi connectivity index (χ3v) is 7.80. The second-order valence-corrected chi connectivity index (χ2v) is 9.88. The fourth-order valence-electron chi connectivity index (χ4n) is 6.03. The van der Waals surface area contributed by atoms with Gasteiger partial charge in [-0.3, -0.25) is 0 Å². The zero-order valence-corrected chi connectivity index (χ0v) is 18.7. The van der Waals surface area contributed by atoms with E-state index in [9.17, 15) is 5.11 Å². The zero-order chi connectivity index (χ0) is 21.3. The number of hydrogen-bond donors (Lipinski definition) is 2. The first-order valence-electron chi connectivity index (χ1n) is 12.2. The lowest BCUT2D eigenvalue weighted by Gasteiger charge is -2.33. The Morgan fingerprint density at radius 3 is 2.42 bits per heavy atom. The highest BCUT2D eigenvalue weighted by Crippen LogP contribution is 2.40. The highest BCUT2D eigenvalue weighted by molar-refractivity contribution is 5.86. The van der Waals surface area contributed by atoms with Gasteiger partial charge >= 0.3 is 0 Å². The molecule has 5 rings (SSSR count). The van der Waals surface area contributed by atoms with E-state index in [1.807, 2.05) is 0 Å². The molecule has 0 spiro atoms. The first-order valence-corrected chi connectivity index (χ1v) is 12.2. The second-order valence-electron chi connectivity index (χ2n) is 9.88. The van der Waals surface area contributed by atoms with Crippen LogP contribution in [-0.4, -0.2) is 11.1 Å². The van der Waals surface area contributed by atoms with E-state index in [0.29, 0.717) is 18.0 Å². The van der Waals surface area contributed by atoms with Gasteiger partial charge in [0, 0.05) is 12.1 Å². The quantitative estimate of drug-likeness (QED) is 0.473. The molecular formula is C29H35NO. The molecule has 0 aromatic heterocycles. The van der Waals surface area contributed by atoms with Crippen molar-refractivity contribution in [3.8, 4) is 0 Å². The Bertz CT molecular complexity index is 1010. The third kappa shape index (κ3) is 4.29. The van der Waals surface area contributed by atoms with Crippen molar-refractivity contribution in [3.63, 3.8) is 0 Å². The Labute approximate surface area is 186 Å². The van der Waals surface area contributed by atoms with E-state index in [2.05, 4.69) is 79.0 Å². The molecule has 0 amide bonds. The van der Waals surface area contributed by atoms with Crippen LogP contribution in [0.3, 0.4) is 0 Å². The smallest absolute Gasteiger partial charge is 0.0896 e. The van der Waals surface area contributed by atoms with E-state index in [0.717, 1.165) is 31.2 Å². The van der Waals surface area contributed by atoms with Crippen LogP contribution in [0.4, 0.5) is 0 Å². The summed E-state index contributed by atoms with van der Waals surface area (Å²) in [6.45, 7) is 2.31. The topological polar surface area (TPSA) is 32.3 Å². The van der Waals surface area contributed by atoms with Crippen molar-refractivity contribution < 1.29 is 5.11 Å². The number of aliphatic hydroxyl groups is 1. The number of nitrogens with one attached hydrogen (secondary N) is 1. The van der Waals surface area contributed by atoms with Gasteiger partial charge in [0.2, 0.25) is 0 Å². The maximum atomic E-state index is 10.9.